The molecule has 1 aromatic carbocycles. The molecule has 0 bridgehead atoms. The van der Waals surface area contributed by atoms with Gasteiger partial charge in [-0.2, -0.15) is 8.78 Å². The lowest BCUT2D eigenvalue weighted by atomic mass is 10.2. The van der Waals surface area contributed by atoms with Crippen molar-refractivity contribution < 1.29 is 17.6 Å². The van der Waals surface area contributed by atoms with Crippen LogP contribution in [-0.4, -0.2) is 21.9 Å². The first-order valence-electron chi connectivity index (χ1n) is 5.99. The van der Waals surface area contributed by atoms with E-state index in [1.807, 2.05) is 6.92 Å². The zero-order valence-corrected chi connectivity index (χ0v) is 11.6. The van der Waals surface area contributed by atoms with Gasteiger partial charge in [0.2, 0.25) is 0 Å². The standard InChI is InChI=1S/C13H13ClF4N2/c1-7-3-4-10-9(5-7)19-11(8(2)14)20(10)6-13(17,18)12(15)16/h3-5,8,12H,6H2,1-2H3. The van der Waals surface area contributed by atoms with Crippen LogP contribution in [0, 0.1) is 6.92 Å². The van der Waals surface area contributed by atoms with Gasteiger partial charge in [-0.3, -0.25) is 0 Å². The molecule has 0 aliphatic heterocycles. The third-order valence-corrected chi connectivity index (χ3v) is 3.17. The minimum atomic E-state index is -4.13. The van der Waals surface area contributed by atoms with Crippen molar-refractivity contribution in [3.63, 3.8) is 0 Å². The molecule has 0 radical (unpaired) electrons. The number of halogens is 5. The van der Waals surface area contributed by atoms with Crippen LogP contribution in [0.15, 0.2) is 18.2 Å². The number of benzene rings is 1. The molecule has 1 heterocycles. The van der Waals surface area contributed by atoms with Gasteiger partial charge in [-0.1, -0.05) is 6.07 Å². The first kappa shape index (κ1) is 15.1. The van der Waals surface area contributed by atoms with E-state index in [1.54, 1.807) is 25.1 Å². The lowest BCUT2D eigenvalue weighted by Gasteiger charge is -2.18. The lowest BCUT2D eigenvalue weighted by Crippen LogP contribution is -2.32. The second-order valence-electron chi connectivity index (χ2n) is 4.73. The van der Waals surface area contributed by atoms with Crippen LogP contribution in [0.5, 0.6) is 0 Å². The molecule has 7 heteroatoms. The molecule has 0 N–H and O–H groups in total. The Kier molecular flexibility index (Phi) is 3.95. The van der Waals surface area contributed by atoms with Crippen molar-refractivity contribution in [3.8, 4) is 0 Å². The van der Waals surface area contributed by atoms with Crippen LogP contribution in [0.1, 0.15) is 23.7 Å². The topological polar surface area (TPSA) is 17.8 Å². The van der Waals surface area contributed by atoms with Crippen LogP contribution in [0.25, 0.3) is 11.0 Å². The number of aromatic nitrogens is 2. The highest BCUT2D eigenvalue weighted by Gasteiger charge is 2.42. The minimum Gasteiger partial charge on any atom is -0.320 e. The van der Waals surface area contributed by atoms with E-state index in [-0.39, 0.29) is 5.82 Å². The molecule has 1 unspecified atom stereocenters. The predicted octanol–water partition coefficient (Wildman–Crippen LogP) is 4.54. The molecule has 2 aromatic rings. The van der Waals surface area contributed by atoms with Gasteiger partial charge < -0.3 is 4.57 Å². The molecule has 0 aliphatic rings. The van der Waals surface area contributed by atoms with Crippen LogP contribution < -0.4 is 0 Å². The second-order valence-corrected chi connectivity index (χ2v) is 5.38. The normalized spacial score (nSPS) is 14.2. The Morgan fingerprint density at radius 1 is 1.35 bits per heavy atom. The van der Waals surface area contributed by atoms with E-state index in [0.717, 1.165) is 10.1 Å². The number of aryl methyl sites for hydroxylation is 1. The number of rotatable bonds is 4. The Balaban J connectivity index is 2.57. The largest absolute Gasteiger partial charge is 0.324 e. The molecule has 0 saturated carbocycles. The Labute approximate surface area is 118 Å². The molecule has 0 amide bonds. The van der Waals surface area contributed by atoms with E-state index in [9.17, 15) is 17.6 Å². The number of nitrogens with zero attached hydrogens (tertiary/aromatic N) is 2. The Bertz CT molecular complexity index is 622. The average molecular weight is 309 g/mol. The maximum atomic E-state index is 13.3. The highest BCUT2D eigenvalue weighted by atomic mass is 35.5. The van der Waals surface area contributed by atoms with Crippen molar-refractivity contribution in [2.75, 3.05) is 0 Å². The van der Waals surface area contributed by atoms with Crippen LogP contribution in [-0.2, 0) is 6.54 Å². The van der Waals surface area contributed by atoms with Gasteiger partial charge in [-0.05, 0) is 31.5 Å². The third-order valence-electron chi connectivity index (χ3n) is 2.98. The molecular weight excluding hydrogens is 296 g/mol. The van der Waals surface area contributed by atoms with Crippen molar-refractivity contribution in [1.82, 2.24) is 9.55 Å². The summed E-state index contributed by atoms with van der Waals surface area (Å²) < 4.78 is 52.5. The van der Waals surface area contributed by atoms with Crippen LogP contribution in [0.4, 0.5) is 17.6 Å². The summed E-state index contributed by atoms with van der Waals surface area (Å²) in [5.41, 5.74) is 1.74. The van der Waals surface area contributed by atoms with E-state index in [1.165, 1.54) is 0 Å². The van der Waals surface area contributed by atoms with Gasteiger partial charge in [0.1, 0.15) is 5.82 Å². The van der Waals surface area contributed by atoms with E-state index in [0.29, 0.717) is 11.0 Å². The molecule has 0 saturated heterocycles. The summed E-state index contributed by atoms with van der Waals surface area (Å²) in [5.74, 6) is -3.97. The number of fused-ring (bicyclic) bond motifs is 1. The lowest BCUT2D eigenvalue weighted by molar-refractivity contribution is -0.137. The quantitative estimate of drug-likeness (QED) is 0.599. The highest BCUT2D eigenvalue weighted by Crippen LogP contribution is 2.31. The minimum absolute atomic E-state index is 0.160. The predicted molar refractivity (Wildman–Crippen MR) is 69.7 cm³/mol. The third kappa shape index (κ3) is 2.75. The van der Waals surface area contributed by atoms with Crippen LogP contribution in [0.2, 0.25) is 0 Å². The fourth-order valence-electron chi connectivity index (χ4n) is 2.01. The summed E-state index contributed by atoms with van der Waals surface area (Å²) in [7, 11) is 0. The molecule has 0 fully saturated rings. The number of imidazole rings is 1. The molecule has 20 heavy (non-hydrogen) atoms. The van der Waals surface area contributed by atoms with E-state index < -0.39 is 24.3 Å². The summed E-state index contributed by atoms with van der Waals surface area (Å²) >= 11 is 5.91. The van der Waals surface area contributed by atoms with Gasteiger partial charge in [0.05, 0.1) is 23.0 Å². The fraction of sp³-hybridized carbons (Fsp3) is 0.462. The maximum Gasteiger partial charge on any atom is 0.324 e. The van der Waals surface area contributed by atoms with Crippen molar-refractivity contribution >= 4 is 22.6 Å². The van der Waals surface area contributed by atoms with Gasteiger partial charge in [-0.25, -0.2) is 13.8 Å². The summed E-state index contributed by atoms with van der Waals surface area (Å²) in [6, 6.07) is 5.00. The average Bonchev–Trinajstić information content (AvgIpc) is 2.66. The summed E-state index contributed by atoms with van der Waals surface area (Å²) in [6.45, 7) is 2.25. The SMILES string of the molecule is Cc1ccc2c(c1)nc(C(C)Cl)n2CC(F)(F)C(F)F. The molecule has 0 spiro atoms. The number of hydrogen-bond acceptors (Lipinski definition) is 1. The first-order valence-corrected chi connectivity index (χ1v) is 6.43. The fourth-order valence-corrected chi connectivity index (χ4v) is 2.17. The van der Waals surface area contributed by atoms with Crippen LogP contribution >= 0.6 is 11.6 Å². The Morgan fingerprint density at radius 3 is 2.55 bits per heavy atom. The van der Waals surface area contributed by atoms with Crippen LogP contribution in [0.3, 0.4) is 0 Å². The second kappa shape index (κ2) is 5.24. The van der Waals surface area contributed by atoms with Crippen molar-refractivity contribution in [2.24, 2.45) is 0 Å². The summed E-state index contributed by atoms with van der Waals surface area (Å²) in [5, 5.41) is -0.656. The number of alkyl halides is 5. The number of hydrogen-bond donors (Lipinski definition) is 0. The summed E-state index contributed by atoms with van der Waals surface area (Å²) in [4.78, 5) is 4.17. The molecule has 110 valence electrons. The first-order chi connectivity index (χ1) is 9.22. The van der Waals surface area contributed by atoms with Crippen molar-refractivity contribution in [1.29, 1.82) is 0 Å². The smallest absolute Gasteiger partial charge is 0.320 e. The van der Waals surface area contributed by atoms with E-state index >= 15 is 0 Å². The highest BCUT2D eigenvalue weighted by molar-refractivity contribution is 6.20. The van der Waals surface area contributed by atoms with Gasteiger partial charge in [0.15, 0.2) is 0 Å². The van der Waals surface area contributed by atoms with E-state index in [4.69, 9.17) is 11.6 Å². The maximum absolute atomic E-state index is 13.3. The zero-order chi connectivity index (χ0) is 15.1. The van der Waals surface area contributed by atoms with Crippen molar-refractivity contribution in [3.05, 3.63) is 29.6 Å². The van der Waals surface area contributed by atoms with Gasteiger partial charge >= 0.3 is 12.3 Å². The molecule has 2 rings (SSSR count). The molecule has 1 aromatic heterocycles. The monoisotopic (exact) mass is 308 g/mol. The molecule has 0 aliphatic carbocycles. The Hall–Kier alpha value is -1.30. The van der Waals surface area contributed by atoms with Gasteiger partial charge in [0, 0.05) is 0 Å². The molecule has 1 atom stereocenters. The molecular formula is C13H13ClF4N2. The van der Waals surface area contributed by atoms with Gasteiger partial charge in [-0.15, -0.1) is 11.6 Å². The van der Waals surface area contributed by atoms with Gasteiger partial charge in [0.25, 0.3) is 0 Å². The zero-order valence-electron chi connectivity index (χ0n) is 10.9. The van der Waals surface area contributed by atoms with E-state index in [2.05, 4.69) is 4.98 Å². The Morgan fingerprint density at radius 2 is 2.00 bits per heavy atom. The molecule has 2 nitrogen and oxygen atoms in total. The van der Waals surface area contributed by atoms with Crippen molar-refractivity contribution in [2.45, 2.75) is 38.1 Å². The summed E-state index contributed by atoms with van der Waals surface area (Å²) in [6.07, 6.45) is -3.73.